The Morgan fingerprint density at radius 3 is 2.11 bits per heavy atom. The zero-order chi connectivity index (χ0) is 15.3. The van der Waals surface area contributed by atoms with Gasteiger partial charge in [0.15, 0.2) is 8.32 Å². The van der Waals surface area contributed by atoms with Gasteiger partial charge in [0.1, 0.15) is 5.78 Å². The van der Waals surface area contributed by atoms with E-state index in [1.807, 2.05) is 0 Å². The van der Waals surface area contributed by atoms with Gasteiger partial charge < -0.3 is 4.43 Å². The summed E-state index contributed by atoms with van der Waals surface area (Å²) in [4.78, 5) is 11.4. The lowest BCUT2D eigenvalue weighted by molar-refractivity contribution is -0.118. The summed E-state index contributed by atoms with van der Waals surface area (Å²) in [6, 6.07) is 0. The second kappa shape index (κ2) is 7.39. The first kappa shape index (κ1) is 18.6. The molecule has 0 unspecified atom stereocenters. The Morgan fingerprint density at radius 2 is 1.74 bits per heavy atom. The van der Waals surface area contributed by atoms with Gasteiger partial charge in [-0.05, 0) is 51.7 Å². The summed E-state index contributed by atoms with van der Waals surface area (Å²) in [5.41, 5.74) is 1.33. The van der Waals surface area contributed by atoms with Gasteiger partial charge in [0.2, 0.25) is 0 Å². The number of ketones is 1. The van der Waals surface area contributed by atoms with E-state index in [1.54, 1.807) is 6.92 Å². The van der Waals surface area contributed by atoms with E-state index in [1.165, 1.54) is 5.57 Å². The van der Waals surface area contributed by atoms with Gasteiger partial charge in [0.05, 0.1) is 6.10 Å². The van der Waals surface area contributed by atoms with Crippen LogP contribution in [0.5, 0.6) is 0 Å². The Kier molecular flexibility index (Phi) is 7.23. The highest BCUT2D eigenvalue weighted by Crippen LogP contribution is 2.38. The summed E-state index contributed by atoms with van der Waals surface area (Å²) in [6.07, 6.45) is 4.78. The molecule has 0 aliphatic heterocycles. The fourth-order valence-electron chi connectivity index (χ4n) is 1.67. The molecular formula is C16H32O2Si. The van der Waals surface area contributed by atoms with Crippen molar-refractivity contribution in [1.29, 1.82) is 0 Å². The minimum Gasteiger partial charge on any atom is -0.413 e. The second-order valence-electron chi connectivity index (χ2n) is 7.27. The molecule has 0 aliphatic carbocycles. The lowest BCUT2D eigenvalue weighted by atomic mass is 10.1. The van der Waals surface area contributed by atoms with Gasteiger partial charge in [-0.15, -0.1) is 0 Å². The second-order valence-corrected chi connectivity index (χ2v) is 12.0. The molecule has 0 N–H and O–H groups in total. The molecule has 0 radical (unpaired) electrons. The molecule has 1 atom stereocenters. The summed E-state index contributed by atoms with van der Waals surface area (Å²) < 4.78 is 6.38. The topological polar surface area (TPSA) is 26.3 Å². The molecule has 0 aromatic rings. The largest absolute Gasteiger partial charge is 0.413 e. The maximum atomic E-state index is 11.4. The standard InChI is InChI=1S/C16H32O2Si/c1-13(2)10-9-11-15(12-14(3)17)18-19(7,8)16(4,5)6/h10,15H,9,11-12H2,1-8H3/t15-/m1/s1. The quantitative estimate of drug-likeness (QED) is 0.480. The molecule has 0 aromatic carbocycles. The molecule has 0 aromatic heterocycles. The van der Waals surface area contributed by atoms with Crippen LogP contribution in [0, 0.1) is 0 Å². The Hall–Kier alpha value is -0.413. The van der Waals surface area contributed by atoms with Crippen LogP contribution in [-0.4, -0.2) is 20.2 Å². The molecular weight excluding hydrogens is 252 g/mol. The van der Waals surface area contributed by atoms with Gasteiger partial charge in [-0.25, -0.2) is 0 Å². The molecule has 19 heavy (non-hydrogen) atoms. The fraction of sp³-hybridized carbons (Fsp3) is 0.812. The van der Waals surface area contributed by atoms with Crippen molar-refractivity contribution >= 4 is 14.1 Å². The van der Waals surface area contributed by atoms with E-state index in [-0.39, 0.29) is 16.9 Å². The highest BCUT2D eigenvalue weighted by atomic mass is 28.4. The van der Waals surface area contributed by atoms with Crippen molar-refractivity contribution in [2.24, 2.45) is 0 Å². The zero-order valence-corrected chi connectivity index (χ0v) is 15.1. The van der Waals surface area contributed by atoms with Crippen LogP contribution < -0.4 is 0 Å². The van der Waals surface area contributed by atoms with Crippen LogP contribution in [0.1, 0.15) is 60.8 Å². The molecule has 2 nitrogen and oxygen atoms in total. The van der Waals surface area contributed by atoms with Crippen LogP contribution in [0.4, 0.5) is 0 Å². The maximum Gasteiger partial charge on any atom is 0.192 e. The van der Waals surface area contributed by atoms with E-state index >= 15 is 0 Å². The van der Waals surface area contributed by atoms with Crippen molar-refractivity contribution in [3.05, 3.63) is 11.6 Å². The minimum absolute atomic E-state index is 0.0778. The lowest BCUT2D eigenvalue weighted by Crippen LogP contribution is -2.44. The van der Waals surface area contributed by atoms with Crippen LogP contribution in [-0.2, 0) is 9.22 Å². The van der Waals surface area contributed by atoms with Crippen molar-refractivity contribution in [3.8, 4) is 0 Å². The summed E-state index contributed by atoms with van der Waals surface area (Å²) in [6.45, 7) is 17.1. The molecule has 0 aliphatic rings. The fourth-order valence-corrected chi connectivity index (χ4v) is 3.06. The van der Waals surface area contributed by atoms with E-state index in [9.17, 15) is 4.79 Å². The third kappa shape index (κ3) is 7.68. The normalized spacial score (nSPS) is 14.1. The van der Waals surface area contributed by atoms with E-state index in [0.717, 1.165) is 12.8 Å². The first-order valence-corrected chi connectivity index (χ1v) is 10.2. The lowest BCUT2D eigenvalue weighted by Gasteiger charge is -2.39. The van der Waals surface area contributed by atoms with Crippen LogP contribution in [0.2, 0.25) is 18.1 Å². The molecule has 0 fully saturated rings. The number of hydrogen-bond donors (Lipinski definition) is 0. The minimum atomic E-state index is -1.78. The molecule has 0 saturated carbocycles. The third-order valence-electron chi connectivity index (χ3n) is 3.82. The van der Waals surface area contributed by atoms with Crippen molar-refractivity contribution in [1.82, 2.24) is 0 Å². The smallest absolute Gasteiger partial charge is 0.192 e. The average Bonchev–Trinajstić information content (AvgIpc) is 2.12. The average molecular weight is 285 g/mol. The van der Waals surface area contributed by atoms with E-state index in [0.29, 0.717) is 6.42 Å². The molecule has 112 valence electrons. The molecule has 0 rings (SSSR count). The first-order chi connectivity index (χ1) is 8.45. The summed E-state index contributed by atoms with van der Waals surface area (Å²) >= 11 is 0. The van der Waals surface area contributed by atoms with E-state index < -0.39 is 8.32 Å². The van der Waals surface area contributed by atoms with Crippen molar-refractivity contribution in [2.75, 3.05) is 0 Å². The Morgan fingerprint density at radius 1 is 1.21 bits per heavy atom. The molecule has 0 bridgehead atoms. The predicted molar refractivity (Wildman–Crippen MR) is 86.0 cm³/mol. The van der Waals surface area contributed by atoms with Crippen LogP contribution in [0.25, 0.3) is 0 Å². The Labute approximate surface area is 120 Å². The maximum absolute atomic E-state index is 11.4. The highest BCUT2D eigenvalue weighted by Gasteiger charge is 2.39. The molecule has 0 saturated heterocycles. The molecule has 3 heteroatoms. The van der Waals surface area contributed by atoms with Crippen LogP contribution >= 0.6 is 0 Å². The third-order valence-corrected chi connectivity index (χ3v) is 8.36. The molecule has 0 heterocycles. The number of hydrogen-bond acceptors (Lipinski definition) is 2. The Bertz CT molecular complexity index is 320. The van der Waals surface area contributed by atoms with Crippen molar-refractivity contribution < 1.29 is 9.22 Å². The van der Waals surface area contributed by atoms with Gasteiger partial charge in [-0.3, -0.25) is 4.79 Å². The summed E-state index contributed by atoms with van der Waals surface area (Å²) in [5, 5.41) is 0.193. The molecule has 0 spiro atoms. The van der Waals surface area contributed by atoms with Crippen LogP contribution in [0.15, 0.2) is 11.6 Å². The zero-order valence-electron chi connectivity index (χ0n) is 14.1. The van der Waals surface area contributed by atoms with Crippen molar-refractivity contribution in [3.63, 3.8) is 0 Å². The van der Waals surface area contributed by atoms with Crippen molar-refractivity contribution in [2.45, 2.75) is 85.0 Å². The Balaban J connectivity index is 4.68. The van der Waals surface area contributed by atoms with Crippen LogP contribution in [0.3, 0.4) is 0 Å². The van der Waals surface area contributed by atoms with E-state index in [2.05, 4.69) is 53.8 Å². The monoisotopic (exact) mass is 284 g/mol. The van der Waals surface area contributed by atoms with Gasteiger partial charge in [0, 0.05) is 6.42 Å². The number of rotatable bonds is 7. The van der Waals surface area contributed by atoms with Gasteiger partial charge in [-0.2, -0.15) is 0 Å². The molecule has 0 amide bonds. The van der Waals surface area contributed by atoms with Gasteiger partial charge in [-0.1, -0.05) is 32.4 Å². The number of allylic oxidation sites excluding steroid dienone is 2. The summed E-state index contributed by atoms with van der Waals surface area (Å²) in [7, 11) is -1.78. The first-order valence-electron chi connectivity index (χ1n) is 7.26. The SMILES string of the molecule is CC(=O)C[C@@H](CCC=C(C)C)O[Si](C)(C)C(C)(C)C. The number of carbonyl (C=O) groups excluding carboxylic acids is 1. The number of carbonyl (C=O) groups is 1. The summed E-state index contributed by atoms with van der Waals surface area (Å²) in [5.74, 6) is 0.223. The highest BCUT2D eigenvalue weighted by molar-refractivity contribution is 6.74. The van der Waals surface area contributed by atoms with Gasteiger partial charge in [0.25, 0.3) is 0 Å². The van der Waals surface area contributed by atoms with Gasteiger partial charge >= 0.3 is 0 Å². The predicted octanol–water partition coefficient (Wildman–Crippen LogP) is 5.10. The van der Waals surface area contributed by atoms with E-state index in [4.69, 9.17) is 4.43 Å². The number of Topliss-reactive ketones (excluding diaryl/α,β-unsaturated/α-hetero) is 1.